The quantitative estimate of drug-likeness (QED) is 0.680. The highest BCUT2D eigenvalue weighted by atomic mass is 79.9. The molecular weight excluding hydrogens is 380 g/mol. The van der Waals surface area contributed by atoms with Gasteiger partial charge in [0.15, 0.2) is 17.5 Å². The minimum atomic E-state index is -1.01. The number of aromatic nitrogens is 2. The van der Waals surface area contributed by atoms with Crippen molar-refractivity contribution < 1.29 is 8.78 Å². The lowest BCUT2D eigenvalue weighted by Crippen LogP contribution is -2.28. The highest BCUT2D eigenvalue weighted by Gasteiger charge is 2.25. The van der Waals surface area contributed by atoms with E-state index in [2.05, 4.69) is 25.9 Å². The van der Waals surface area contributed by atoms with Gasteiger partial charge in [0.2, 0.25) is 0 Å². The molecule has 7 heteroatoms. The molecule has 1 aromatic heterocycles. The number of benzene rings is 2. The predicted octanol–water partition coefficient (Wildman–Crippen LogP) is 4.05. The Morgan fingerprint density at radius 1 is 1.21 bits per heavy atom. The largest absolute Gasteiger partial charge is 0.347 e. The highest BCUT2D eigenvalue weighted by molar-refractivity contribution is 9.10. The van der Waals surface area contributed by atoms with Gasteiger partial charge in [0.1, 0.15) is 0 Å². The Morgan fingerprint density at radius 2 is 2.04 bits per heavy atom. The summed E-state index contributed by atoms with van der Waals surface area (Å²) >= 11 is 3.52. The molecule has 0 aliphatic carbocycles. The number of nitrogens with zero attached hydrogens (tertiary/aromatic N) is 2. The summed E-state index contributed by atoms with van der Waals surface area (Å²) in [6, 6.07) is 8.05. The maximum atomic E-state index is 14.4. The zero-order chi connectivity index (χ0) is 16.8. The molecule has 2 aromatic carbocycles. The van der Waals surface area contributed by atoms with E-state index in [-0.39, 0.29) is 16.7 Å². The molecule has 0 amide bonds. The van der Waals surface area contributed by atoms with E-state index >= 15 is 0 Å². The normalized spacial score (nSPS) is 14.0. The topological polar surface area (TPSA) is 49.0 Å². The third kappa shape index (κ3) is 2.31. The van der Waals surface area contributed by atoms with E-state index in [4.69, 9.17) is 0 Å². The molecule has 0 saturated carbocycles. The molecule has 1 N–H and O–H groups in total. The molecular formula is C17H12BrF2N3O. The van der Waals surface area contributed by atoms with Crippen LogP contribution < -0.4 is 10.6 Å². The Balaban J connectivity index is 2.04. The predicted molar refractivity (Wildman–Crippen MR) is 91.7 cm³/mol. The molecule has 1 aliphatic rings. The van der Waals surface area contributed by atoms with Gasteiger partial charge in [-0.1, -0.05) is 22.0 Å². The van der Waals surface area contributed by atoms with Crippen molar-refractivity contribution in [2.45, 2.75) is 12.8 Å². The van der Waals surface area contributed by atoms with Crippen molar-refractivity contribution >= 4 is 38.3 Å². The number of hydrogen-bond acceptors (Lipinski definition) is 3. The molecule has 122 valence electrons. The van der Waals surface area contributed by atoms with Gasteiger partial charge in [-0.05, 0) is 42.7 Å². The van der Waals surface area contributed by atoms with Gasteiger partial charge in [0.05, 0.1) is 10.9 Å². The Bertz CT molecular complexity index is 1020. The van der Waals surface area contributed by atoms with Crippen LogP contribution in [0.3, 0.4) is 0 Å². The van der Waals surface area contributed by atoms with Crippen molar-refractivity contribution in [3.8, 4) is 0 Å². The number of fused-ring (bicyclic) bond motifs is 2. The molecule has 0 fully saturated rings. The molecule has 0 radical (unpaired) electrons. The van der Waals surface area contributed by atoms with Gasteiger partial charge in [0.25, 0.3) is 0 Å². The SMILES string of the molecule is O=c1nc(N2CCCc3c(Br)cccc32)c2c(F)c(F)ccc2[nH]1. The van der Waals surface area contributed by atoms with Crippen LogP contribution >= 0.6 is 15.9 Å². The van der Waals surface area contributed by atoms with Crippen LogP contribution in [0.2, 0.25) is 0 Å². The molecule has 0 spiro atoms. The molecule has 2 heterocycles. The Hall–Kier alpha value is -2.28. The zero-order valence-corrected chi connectivity index (χ0v) is 14.0. The number of rotatable bonds is 1. The summed E-state index contributed by atoms with van der Waals surface area (Å²) < 4.78 is 29.1. The average Bonchev–Trinajstić information content (AvgIpc) is 2.57. The van der Waals surface area contributed by atoms with Gasteiger partial charge in [0, 0.05) is 16.7 Å². The molecule has 1 aliphatic heterocycles. The van der Waals surface area contributed by atoms with Crippen molar-refractivity contribution in [2.75, 3.05) is 11.4 Å². The minimum Gasteiger partial charge on any atom is -0.325 e. The molecule has 4 rings (SSSR count). The lowest BCUT2D eigenvalue weighted by molar-refractivity contribution is 0.516. The Morgan fingerprint density at radius 3 is 2.88 bits per heavy atom. The Labute approximate surface area is 144 Å². The fourth-order valence-corrected chi connectivity index (χ4v) is 3.72. The maximum absolute atomic E-state index is 14.4. The third-order valence-corrected chi connectivity index (χ3v) is 4.96. The summed E-state index contributed by atoms with van der Waals surface area (Å²) in [6.45, 7) is 0.574. The summed E-state index contributed by atoms with van der Waals surface area (Å²) in [4.78, 5) is 20.1. The first-order valence-electron chi connectivity index (χ1n) is 7.49. The van der Waals surface area contributed by atoms with Crippen LogP contribution in [0.5, 0.6) is 0 Å². The van der Waals surface area contributed by atoms with E-state index in [1.165, 1.54) is 6.07 Å². The van der Waals surface area contributed by atoms with Crippen LogP contribution in [-0.4, -0.2) is 16.5 Å². The van der Waals surface area contributed by atoms with Crippen molar-refractivity contribution in [3.63, 3.8) is 0 Å². The van der Waals surface area contributed by atoms with Crippen LogP contribution in [0.1, 0.15) is 12.0 Å². The fourth-order valence-electron chi connectivity index (χ4n) is 3.17. The first-order chi connectivity index (χ1) is 11.6. The minimum absolute atomic E-state index is 0.0116. The molecule has 0 bridgehead atoms. The van der Waals surface area contributed by atoms with E-state index in [0.29, 0.717) is 6.54 Å². The van der Waals surface area contributed by atoms with Gasteiger partial charge in [-0.2, -0.15) is 4.98 Å². The van der Waals surface area contributed by atoms with Gasteiger partial charge in [-0.15, -0.1) is 0 Å². The van der Waals surface area contributed by atoms with Crippen molar-refractivity contribution in [1.82, 2.24) is 9.97 Å². The van der Waals surface area contributed by atoms with Crippen molar-refractivity contribution in [1.29, 1.82) is 0 Å². The summed E-state index contributed by atoms with van der Waals surface area (Å²) in [5.74, 6) is -1.83. The number of aromatic amines is 1. The third-order valence-electron chi connectivity index (χ3n) is 4.22. The van der Waals surface area contributed by atoms with E-state index in [0.717, 1.165) is 34.6 Å². The molecule has 0 unspecified atom stereocenters. The number of halogens is 3. The molecule has 0 atom stereocenters. The van der Waals surface area contributed by atoms with Gasteiger partial charge < -0.3 is 9.88 Å². The average molecular weight is 392 g/mol. The van der Waals surface area contributed by atoms with Gasteiger partial charge >= 0.3 is 5.69 Å². The number of anilines is 2. The zero-order valence-electron chi connectivity index (χ0n) is 12.4. The van der Waals surface area contributed by atoms with Crippen LogP contribution in [0.15, 0.2) is 39.6 Å². The lowest BCUT2D eigenvalue weighted by atomic mass is 10.0. The van der Waals surface area contributed by atoms with E-state index in [9.17, 15) is 13.6 Å². The summed E-state index contributed by atoms with van der Waals surface area (Å²) in [5.41, 5.74) is 1.55. The van der Waals surface area contributed by atoms with E-state index < -0.39 is 17.3 Å². The fraction of sp³-hybridized carbons (Fsp3) is 0.176. The smallest absolute Gasteiger partial charge is 0.325 e. The first-order valence-corrected chi connectivity index (χ1v) is 8.28. The highest BCUT2D eigenvalue weighted by Crippen LogP contribution is 2.38. The summed E-state index contributed by atoms with van der Waals surface area (Å²) in [7, 11) is 0. The van der Waals surface area contributed by atoms with Gasteiger partial charge in [-0.3, -0.25) is 0 Å². The molecule has 0 saturated heterocycles. The maximum Gasteiger partial charge on any atom is 0.347 e. The Kier molecular flexibility index (Phi) is 3.60. The van der Waals surface area contributed by atoms with Crippen molar-refractivity contribution in [2.24, 2.45) is 0 Å². The van der Waals surface area contributed by atoms with E-state index in [1.807, 2.05) is 18.2 Å². The van der Waals surface area contributed by atoms with Crippen LogP contribution in [0.4, 0.5) is 20.3 Å². The number of nitrogens with one attached hydrogen (secondary N) is 1. The molecule has 3 aromatic rings. The van der Waals surface area contributed by atoms with Gasteiger partial charge in [-0.25, -0.2) is 13.6 Å². The van der Waals surface area contributed by atoms with E-state index in [1.54, 1.807) is 4.90 Å². The second-order valence-electron chi connectivity index (χ2n) is 5.64. The van der Waals surface area contributed by atoms with Crippen LogP contribution in [-0.2, 0) is 6.42 Å². The van der Waals surface area contributed by atoms with Crippen molar-refractivity contribution in [3.05, 3.63) is 62.5 Å². The first kappa shape index (κ1) is 15.3. The number of hydrogen-bond donors (Lipinski definition) is 1. The standard InChI is InChI=1S/C17H12BrF2N3O/c18-10-4-1-5-13-9(10)3-2-8-23(13)16-14-12(21-17(24)22-16)7-6-11(19)15(14)20/h1,4-7H,2-3,8H2,(H,21,22,24). The van der Waals surface area contributed by atoms with Crippen LogP contribution in [0, 0.1) is 11.6 Å². The summed E-state index contributed by atoms with van der Waals surface area (Å²) in [5, 5.41) is -0.0116. The number of H-pyrrole nitrogens is 1. The summed E-state index contributed by atoms with van der Waals surface area (Å²) in [6.07, 6.45) is 1.69. The monoisotopic (exact) mass is 391 g/mol. The molecule has 4 nitrogen and oxygen atoms in total. The second-order valence-corrected chi connectivity index (χ2v) is 6.50. The second kappa shape index (κ2) is 5.66. The molecule has 24 heavy (non-hydrogen) atoms. The van der Waals surface area contributed by atoms with Crippen LogP contribution in [0.25, 0.3) is 10.9 Å². The lowest BCUT2D eigenvalue weighted by Gasteiger charge is -2.31.